The monoisotopic (exact) mass is 217 g/mol. The van der Waals surface area contributed by atoms with Crippen molar-refractivity contribution in [1.29, 1.82) is 0 Å². The average molecular weight is 217 g/mol. The Bertz CT molecular complexity index is 348. The number of nitrogens with two attached hydrogens (primary N) is 1. The van der Waals surface area contributed by atoms with Crippen LogP contribution in [0.25, 0.3) is 0 Å². The average Bonchev–Trinajstić information content (AvgIpc) is 2.33. The van der Waals surface area contributed by atoms with Gasteiger partial charge in [0.05, 0.1) is 0 Å². The number of rotatable bonds is 2. The minimum Gasteiger partial charge on any atom is -0.321 e. The van der Waals surface area contributed by atoms with Gasteiger partial charge in [-0.25, -0.2) is 0 Å². The van der Waals surface area contributed by atoms with Crippen LogP contribution in [0.15, 0.2) is 24.3 Å². The molecule has 2 rings (SSSR count). The molecule has 0 unspecified atom stereocenters. The highest BCUT2D eigenvalue weighted by Crippen LogP contribution is 2.37. The SMILES string of the molecule is CCc1cccc(C2(N)CCC(C)CC2)c1. The zero-order chi connectivity index (χ0) is 11.6. The van der Waals surface area contributed by atoms with E-state index in [-0.39, 0.29) is 5.54 Å². The first kappa shape index (κ1) is 11.7. The Morgan fingerprint density at radius 1 is 1.31 bits per heavy atom. The highest BCUT2D eigenvalue weighted by atomic mass is 14.7. The van der Waals surface area contributed by atoms with Crippen molar-refractivity contribution in [3.05, 3.63) is 35.4 Å². The first-order valence-corrected chi connectivity index (χ1v) is 6.52. The molecule has 1 saturated carbocycles. The van der Waals surface area contributed by atoms with Crippen molar-refractivity contribution in [2.24, 2.45) is 11.7 Å². The van der Waals surface area contributed by atoms with E-state index in [9.17, 15) is 0 Å². The summed E-state index contributed by atoms with van der Waals surface area (Å²) < 4.78 is 0. The predicted molar refractivity (Wildman–Crippen MR) is 69.3 cm³/mol. The van der Waals surface area contributed by atoms with Gasteiger partial charge in [-0.15, -0.1) is 0 Å². The molecule has 0 radical (unpaired) electrons. The summed E-state index contributed by atoms with van der Waals surface area (Å²) in [7, 11) is 0. The molecule has 88 valence electrons. The molecule has 16 heavy (non-hydrogen) atoms. The van der Waals surface area contributed by atoms with Crippen molar-refractivity contribution in [2.45, 2.75) is 51.5 Å². The van der Waals surface area contributed by atoms with Gasteiger partial charge in [-0.1, -0.05) is 38.1 Å². The Morgan fingerprint density at radius 3 is 2.62 bits per heavy atom. The third-order valence-corrected chi connectivity index (χ3v) is 4.08. The van der Waals surface area contributed by atoms with Crippen LogP contribution >= 0.6 is 0 Å². The topological polar surface area (TPSA) is 26.0 Å². The van der Waals surface area contributed by atoms with Crippen molar-refractivity contribution in [1.82, 2.24) is 0 Å². The molecule has 1 aliphatic carbocycles. The van der Waals surface area contributed by atoms with E-state index in [1.165, 1.54) is 24.0 Å². The number of benzene rings is 1. The fourth-order valence-electron chi connectivity index (χ4n) is 2.67. The molecule has 1 aromatic rings. The van der Waals surface area contributed by atoms with E-state index in [4.69, 9.17) is 5.73 Å². The van der Waals surface area contributed by atoms with Gasteiger partial charge >= 0.3 is 0 Å². The van der Waals surface area contributed by atoms with Crippen LogP contribution in [-0.4, -0.2) is 0 Å². The van der Waals surface area contributed by atoms with E-state index in [1.54, 1.807) is 0 Å². The van der Waals surface area contributed by atoms with Gasteiger partial charge in [-0.05, 0) is 49.1 Å². The molecule has 0 bridgehead atoms. The van der Waals surface area contributed by atoms with E-state index in [0.717, 1.165) is 25.2 Å². The van der Waals surface area contributed by atoms with E-state index in [2.05, 4.69) is 38.1 Å². The Labute approximate surface area is 99.0 Å². The molecule has 0 amide bonds. The molecule has 0 aromatic heterocycles. The summed E-state index contributed by atoms with van der Waals surface area (Å²) in [6.45, 7) is 4.54. The summed E-state index contributed by atoms with van der Waals surface area (Å²) in [6.07, 6.45) is 5.92. The van der Waals surface area contributed by atoms with Gasteiger partial charge in [0.1, 0.15) is 0 Å². The maximum Gasteiger partial charge on any atom is 0.0409 e. The van der Waals surface area contributed by atoms with Crippen LogP contribution in [0.4, 0.5) is 0 Å². The summed E-state index contributed by atoms with van der Waals surface area (Å²) in [5, 5.41) is 0. The second-order valence-electron chi connectivity index (χ2n) is 5.39. The van der Waals surface area contributed by atoms with Crippen LogP contribution in [0, 0.1) is 5.92 Å². The van der Waals surface area contributed by atoms with Gasteiger partial charge in [0.2, 0.25) is 0 Å². The lowest BCUT2D eigenvalue weighted by Gasteiger charge is -2.36. The van der Waals surface area contributed by atoms with Crippen LogP contribution in [0.3, 0.4) is 0 Å². The summed E-state index contributed by atoms with van der Waals surface area (Å²) in [5.74, 6) is 0.853. The summed E-state index contributed by atoms with van der Waals surface area (Å²) in [4.78, 5) is 0. The van der Waals surface area contributed by atoms with Crippen LogP contribution in [0.2, 0.25) is 0 Å². The Hall–Kier alpha value is -0.820. The lowest BCUT2D eigenvalue weighted by Crippen LogP contribution is -2.40. The van der Waals surface area contributed by atoms with Gasteiger partial charge in [0.15, 0.2) is 0 Å². The number of hydrogen-bond acceptors (Lipinski definition) is 1. The Balaban J connectivity index is 2.21. The lowest BCUT2D eigenvalue weighted by molar-refractivity contribution is 0.248. The van der Waals surface area contributed by atoms with Gasteiger partial charge in [0.25, 0.3) is 0 Å². The Morgan fingerprint density at radius 2 is 2.00 bits per heavy atom. The first-order valence-electron chi connectivity index (χ1n) is 6.52. The third-order valence-electron chi connectivity index (χ3n) is 4.08. The number of aryl methyl sites for hydroxylation is 1. The van der Waals surface area contributed by atoms with E-state index >= 15 is 0 Å². The van der Waals surface area contributed by atoms with Crippen LogP contribution in [-0.2, 0) is 12.0 Å². The summed E-state index contributed by atoms with van der Waals surface area (Å²) in [5.41, 5.74) is 9.26. The standard InChI is InChI=1S/C15H23N/c1-3-13-5-4-6-14(11-13)15(16)9-7-12(2)8-10-15/h4-6,11-12H,3,7-10,16H2,1-2H3. The van der Waals surface area contributed by atoms with Crippen molar-refractivity contribution in [3.63, 3.8) is 0 Å². The van der Waals surface area contributed by atoms with Crippen molar-refractivity contribution >= 4 is 0 Å². The van der Waals surface area contributed by atoms with Crippen LogP contribution in [0.5, 0.6) is 0 Å². The highest BCUT2D eigenvalue weighted by Gasteiger charge is 2.31. The minimum absolute atomic E-state index is 0.0578. The summed E-state index contributed by atoms with van der Waals surface area (Å²) >= 11 is 0. The normalized spacial score (nSPS) is 30.3. The molecule has 1 aromatic carbocycles. The quantitative estimate of drug-likeness (QED) is 0.804. The lowest BCUT2D eigenvalue weighted by atomic mass is 9.73. The largest absolute Gasteiger partial charge is 0.321 e. The maximum atomic E-state index is 6.57. The molecule has 0 aliphatic heterocycles. The molecule has 0 atom stereocenters. The molecule has 0 spiro atoms. The number of hydrogen-bond donors (Lipinski definition) is 1. The van der Waals surface area contributed by atoms with Crippen molar-refractivity contribution in [3.8, 4) is 0 Å². The molecular formula is C15H23N. The van der Waals surface area contributed by atoms with E-state index in [1.807, 2.05) is 0 Å². The fourth-order valence-corrected chi connectivity index (χ4v) is 2.67. The van der Waals surface area contributed by atoms with Gasteiger partial charge in [0, 0.05) is 5.54 Å². The molecule has 0 heterocycles. The summed E-state index contributed by atoms with van der Waals surface area (Å²) in [6, 6.07) is 8.85. The molecule has 1 heteroatoms. The second kappa shape index (κ2) is 4.58. The maximum absolute atomic E-state index is 6.57. The fraction of sp³-hybridized carbons (Fsp3) is 0.600. The molecular weight excluding hydrogens is 194 g/mol. The smallest absolute Gasteiger partial charge is 0.0409 e. The highest BCUT2D eigenvalue weighted by molar-refractivity contribution is 5.29. The van der Waals surface area contributed by atoms with E-state index in [0.29, 0.717) is 0 Å². The van der Waals surface area contributed by atoms with Crippen LogP contribution in [0.1, 0.15) is 50.7 Å². The second-order valence-corrected chi connectivity index (χ2v) is 5.39. The molecule has 1 fully saturated rings. The predicted octanol–water partition coefficient (Wildman–Crippen LogP) is 3.61. The minimum atomic E-state index is -0.0578. The van der Waals surface area contributed by atoms with Gasteiger partial charge in [-0.2, -0.15) is 0 Å². The first-order chi connectivity index (χ1) is 7.64. The van der Waals surface area contributed by atoms with Crippen molar-refractivity contribution in [2.75, 3.05) is 0 Å². The van der Waals surface area contributed by atoms with Crippen LogP contribution < -0.4 is 5.73 Å². The molecule has 2 N–H and O–H groups in total. The zero-order valence-electron chi connectivity index (χ0n) is 10.5. The van der Waals surface area contributed by atoms with E-state index < -0.39 is 0 Å². The molecule has 0 saturated heterocycles. The Kier molecular flexibility index (Phi) is 3.34. The van der Waals surface area contributed by atoms with Gasteiger partial charge in [-0.3, -0.25) is 0 Å². The van der Waals surface area contributed by atoms with Gasteiger partial charge < -0.3 is 5.73 Å². The zero-order valence-corrected chi connectivity index (χ0v) is 10.5. The third kappa shape index (κ3) is 2.30. The van der Waals surface area contributed by atoms with Crippen molar-refractivity contribution < 1.29 is 0 Å². The molecule has 1 aliphatic rings. The molecule has 1 nitrogen and oxygen atoms in total.